The van der Waals surface area contributed by atoms with Gasteiger partial charge in [-0.3, -0.25) is 0 Å². The zero-order valence-electron chi connectivity index (χ0n) is 8.00. The van der Waals surface area contributed by atoms with Crippen molar-refractivity contribution in [3.8, 4) is 0 Å². The van der Waals surface area contributed by atoms with Gasteiger partial charge in [0.1, 0.15) is 0 Å². The van der Waals surface area contributed by atoms with Gasteiger partial charge >= 0.3 is 0 Å². The summed E-state index contributed by atoms with van der Waals surface area (Å²) in [6.45, 7) is 0.953. The third-order valence-electron chi connectivity index (χ3n) is 2.73. The lowest BCUT2D eigenvalue weighted by molar-refractivity contribution is 0.477. The van der Waals surface area contributed by atoms with E-state index in [1.165, 1.54) is 28.6 Å². The van der Waals surface area contributed by atoms with E-state index in [1.54, 1.807) is 11.3 Å². The number of thiophene rings is 1. The van der Waals surface area contributed by atoms with Crippen molar-refractivity contribution < 1.29 is 0 Å². The van der Waals surface area contributed by atoms with Crippen LogP contribution in [0.5, 0.6) is 0 Å². The topological polar surface area (TPSA) is 38.0 Å². The minimum Gasteiger partial charge on any atom is -0.326 e. The van der Waals surface area contributed by atoms with Crippen LogP contribution in [0.15, 0.2) is 15.9 Å². The first-order valence-electron chi connectivity index (χ1n) is 4.97. The predicted octanol–water partition coefficient (Wildman–Crippen LogP) is 2.48. The maximum Gasteiger partial charge on any atom is 0.0303 e. The Hall–Kier alpha value is 0.1000. The second-order valence-electron chi connectivity index (χ2n) is 3.81. The standard InChI is InChI=1S/C10H15BrN2S/c11-7-4-8(14-6-7)5-13-10-3-1-2-9(10)12/h4,6,9-10,13H,1-3,5,12H2. The molecule has 0 aromatic carbocycles. The van der Waals surface area contributed by atoms with E-state index in [-0.39, 0.29) is 0 Å². The molecule has 1 aliphatic carbocycles. The van der Waals surface area contributed by atoms with Crippen molar-refractivity contribution in [1.82, 2.24) is 5.32 Å². The lowest BCUT2D eigenvalue weighted by atomic mass is 10.2. The molecule has 1 fully saturated rings. The van der Waals surface area contributed by atoms with Crippen molar-refractivity contribution in [2.45, 2.75) is 37.9 Å². The van der Waals surface area contributed by atoms with Gasteiger partial charge in [0.25, 0.3) is 0 Å². The summed E-state index contributed by atoms with van der Waals surface area (Å²) in [7, 11) is 0. The molecule has 2 atom stereocenters. The Labute approximate surface area is 97.0 Å². The normalized spacial score (nSPS) is 27.0. The van der Waals surface area contributed by atoms with E-state index in [4.69, 9.17) is 5.73 Å². The molecule has 4 heteroatoms. The third kappa shape index (κ3) is 2.57. The largest absolute Gasteiger partial charge is 0.326 e. The molecule has 1 heterocycles. The molecule has 0 amide bonds. The van der Waals surface area contributed by atoms with Crippen molar-refractivity contribution >= 4 is 27.3 Å². The summed E-state index contributed by atoms with van der Waals surface area (Å²) in [4.78, 5) is 1.37. The van der Waals surface area contributed by atoms with E-state index in [0.29, 0.717) is 12.1 Å². The summed E-state index contributed by atoms with van der Waals surface area (Å²) < 4.78 is 1.18. The molecule has 1 aromatic rings. The molecule has 1 saturated carbocycles. The molecule has 78 valence electrons. The van der Waals surface area contributed by atoms with Gasteiger partial charge in [0.05, 0.1) is 0 Å². The van der Waals surface area contributed by atoms with Crippen LogP contribution in [0.2, 0.25) is 0 Å². The van der Waals surface area contributed by atoms with Gasteiger partial charge in [-0.1, -0.05) is 6.42 Å². The monoisotopic (exact) mass is 274 g/mol. The third-order valence-corrected chi connectivity index (χ3v) is 4.43. The molecule has 1 aliphatic rings. The molecule has 0 bridgehead atoms. The first-order chi connectivity index (χ1) is 6.75. The van der Waals surface area contributed by atoms with E-state index >= 15 is 0 Å². The molecule has 2 rings (SSSR count). The van der Waals surface area contributed by atoms with Crippen molar-refractivity contribution in [3.05, 3.63) is 20.8 Å². The van der Waals surface area contributed by atoms with E-state index in [2.05, 4.69) is 32.7 Å². The Bertz CT molecular complexity index is 300. The number of rotatable bonds is 3. The maximum absolute atomic E-state index is 5.98. The molecule has 0 radical (unpaired) electrons. The number of halogens is 1. The minimum atomic E-state index is 0.360. The Morgan fingerprint density at radius 2 is 2.43 bits per heavy atom. The molecule has 1 aromatic heterocycles. The van der Waals surface area contributed by atoms with E-state index in [1.807, 2.05) is 0 Å². The lowest BCUT2D eigenvalue weighted by Gasteiger charge is -2.16. The summed E-state index contributed by atoms with van der Waals surface area (Å²) in [5.41, 5.74) is 5.98. The van der Waals surface area contributed by atoms with Gasteiger partial charge < -0.3 is 11.1 Å². The Kier molecular flexibility index (Phi) is 3.60. The quantitative estimate of drug-likeness (QED) is 0.889. The van der Waals surface area contributed by atoms with Gasteiger partial charge in [-0.2, -0.15) is 0 Å². The van der Waals surface area contributed by atoms with Gasteiger partial charge in [0.2, 0.25) is 0 Å². The van der Waals surface area contributed by atoms with Crippen molar-refractivity contribution in [2.24, 2.45) is 5.73 Å². The Morgan fingerprint density at radius 1 is 1.57 bits per heavy atom. The molecular weight excluding hydrogens is 260 g/mol. The SMILES string of the molecule is NC1CCCC1NCc1cc(Br)cs1. The second-order valence-corrected chi connectivity index (χ2v) is 5.72. The van der Waals surface area contributed by atoms with E-state index in [0.717, 1.165) is 6.54 Å². The van der Waals surface area contributed by atoms with Crippen LogP contribution in [0.3, 0.4) is 0 Å². The van der Waals surface area contributed by atoms with Gasteiger partial charge in [-0.15, -0.1) is 11.3 Å². The molecular formula is C10H15BrN2S. The van der Waals surface area contributed by atoms with E-state index < -0.39 is 0 Å². The first kappa shape index (κ1) is 10.6. The zero-order valence-corrected chi connectivity index (χ0v) is 10.4. The second kappa shape index (κ2) is 4.75. The fourth-order valence-electron chi connectivity index (χ4n) is 1.92. The minimum absolute atomic E-state index is 0.360. The molecule has 0 saturated heterocycles. The Morgan fingerprint density at radius 3 is 3.00 bits per heavy atom. The summed E-state index contributed by atoms with van der Waals surface area (Å²) in [5.74, 6) is 0. The smallest absolute Gasteiger partial charge is 0.0303 e. The van der Waals surface area contributed by atoms with Crippen LogP contribution >= 0.6 is 27.3 Å². The van der Waals surface area contributed by atoms with Crippen LogP contribution in [0.1, 0.15) is 24.1 Å². The molecule has 3 N–H and O–H groups in total. The predicted molar refractivity (Wildman–Crippen MR) is 64.5 cm³/mol. The number of nitrogens with one attached hydrogen (secondary N) is 1. The fraction of sp³-hybridized carbons (Fsp3) is 0.600. The maximum atomic E-state index is 5.98. The summed E-state index contributed by atoms with van der Waals surface area (Å²) in [6, 6.07) is 3.05. The van der Waals surface area contributed by atoms with Crippen LogP contribution in [-0.4, -0.2) is 12.1 Å². The zero-order chi connectivity index (χ0) is 9.97. The fourth-order valence-corrected chi connectivity index (χ4v) is 3.32. The highest BCUT2D eigenvalue weighted by molar-refractivity contribution is 9.10. The van der Waals surface area contributed by atoms with Crippen LogP contribution in [0.4, 0.5) is 0 Å². The summed E-state index contributed by atoms with van der Waals surface area (Å²) in [5, 5.41) is 5.64. The number of hydrogen-bond donors (Lipinski definition) is 2. The van der Waals surface area contributed by atoms with Crippen LogP contribution in [0, 0.1) is 0 Å². The molecule has 2 nitrogen and oxygen atoms in total. The van der Waals surface area contributed by atoms with Crippen molar-refractivity contribution in [1.29, 1.82) is 0 Å². The van der Waals surface area contributed by atoms with Crippen LogP contribution < -0.4 is 11.1 Å². The molecule has 2 unspecified atom stereocenters. The summed E-state index contributed by atoms with van der Waals surface area (Å²) >= 11 is 5.24. The Balaban J connectivity index is 1.82. The first-order valence-corrected chi connectivity index (χ1v) is 6.65. The number of nitrogens with two attached hydrogens (primary N) is 1. The van der Waals surface area contributed by atoms with E-state index in [9.17, 15) is 0 Å². The van der Waals surface area contributed by atoms with Gasteiger partial charge in [-0.25, -0.2) is 0 Å². The van der Waals surface area contributed by atoms with Gasteiger partial charge in [0.15, 0.2) is 0 Å². The highest BCUT2D eigenvalue weighted by Crippen LogP contribution is 2.21. The van der Waals surface area contributed by atoms with Crippen LogP contribution in [-0.2, 0) is 6.54 Å². The van der Waals surface area contributed by atoms with Gasteiger partial charge in [-0.05, 0) is 34.8 Å². The highest BCUT2D eigenvalue weighted by atomic mass is 79.9. The molecule has 0 spiro atoms. The number of hydrogen-bond acceptors (Lipinski definition) is 3. The van der Waals surface area contributed by atoms with Crippen molar-refractivity contribution in [2.75, 3.05) is 0 Å². The average molecular weight is 275 g/mol. The van der Waals surface area contributed by atoms with Crippen molar-refractivity contribution in [3.63, 3.8) is 0 Å². The summed E-state index contributed by atoms with van der Waals surface area (Å²) in [6.07, 6.45) is 3.67. The molecule has 0 aliphatic heterocycles. The van der Waals surface area contributed by atoms with Crippen LogP contribution in [0.25, 0.3) is 0 Å². The van der Waals surface area contributed by atoms with Gasteiger partial charge in [0, 0.05) is 33.4 Å². The highest BCUT2D eigenvalue weighted by Gasteiger charge is 2.22. The molecule has 14 heavy (non-hydrogen) atoms. The lowest BCUT2D eigenvalue weighted by Crippen LogP contribution is -2.40. The average Bonchev–Trinajstić information content (AvgIpc) is 2.72.